The summed E-state index contributed by atoms with van der Waals surface area (Å²) in [7, 11) is 1.29. The number of aromatic nitrogens is 2. The van der Waals surface area contributed by atoms with Gasteiger partial charge in [0.2, 0.25) is 5.13 Å². The van der Waals surface area contributed by atoms with E-state index in [0.717, 1.165) is 16.9 Å². The lowest BCUT2D eigenvalue weighted by molar-refractivity contribution is -0.132. The average molecular weight is 614 g/mol. The lowest BCUT2D eigenvalue weighted by Gasteiger charge is -2.22. The van der Waals surface area contributed by atoms with Crippen molar-refractivity contribution in [2.24, 2.45) is 0 Å². The predicted octanol–water partition coefficient (Wildman–Crippen LogP) is 5.88. The van der Waals surface area contributed by atoms with Crippen LogP contribution in [0, 0.1) is 6.92 Å². The number of fused-ring (bicyclic) bond motifs is 1. The molecule has 6 rings (SSSR count). The van der Waals surface area contributed by atoms with Crippen LogP contribution in [0.5, 0.6) is 5.75 Å². The first kappa shape index (κ1) is 28.6. The summed E-state index contributed by atoms with van der Waals surface area (Å²) >= 11 is 2.67. The fraction of sp³-hybridized carbons (Fsp3) is 0.219. The number of anilines is 1. The van der Waals surface area contributed by atoms with E-state index in [4.69, 9.17) is 9.47 Å². The molecule has 0 radical (unpaired) electrons. The topological polar surface area (TPSA) is 119 Å². The number of Topliss-reactive ketones (excluding diaryl/α,β-unsaturated/α-hetero) is 1. The highest BCUT2D eigenvalue weighted by Gasteiger charge is 2.48. The number of carbonyl (C=O) groups excluding carboxylic acids is 3. The first-order chi connectivity index (χ1) is 20.7. The lowest BCUT2D eigenvalue weighted by Crippen LogP contribution is -2.29. The third-order valence-electron chi connectivity index (χ3n) is 7.35. The van der Waals surface area contributed by atoms with Gasteiger partial charge in [-0.05, 0) is 60.9 Å². The summed E-state index contributed by atoms with van der Waals surface area (Å²) in [5.74, 6) is -1.10. The molecule has 3 heterocycles. The quantitative estimate of drug-likeness (QED) is 0.0681. The average Bonchev–Trinajstić information content (AvgIpc) is 3.71. The predicted molar refractivity (Wildman–Crippen MR) is 163 cm³/mol. The minimum absolute atomic E-state index is 0.00165. The summed E-state index contributed by atoms with van der Waals surface area (Å²) in [5, 5.41) is 20.3. The molecule has 0 bridgehead atoms. The molecule has 1 N–H and O–H groups in total. The Bertz CT molecular complexity index is 1760. The number of methoxy groups -OCH3 is 1. The van der Waals surface area contributed by atoms with Crippen molar-refractivity contribution in [2.45, 2.75) is 42.5 Å². The van der Waals surface area contributed by atoms with Crippen LogP contribution in [-0.4, -0.2) is 46.2 Å². The Morgan fingerprint density at radius 2 is 1.79 bits per heavy atom. The van der Waals surface area contributed by atoms with Gasteiger partial charge in [0.25, 0.3) is 5.78 Å². The second-order valence-corrected chi connectivity index (χ2v) is 12.5. The lowest BCUT2D eigenvalue weighted by atomic mass is 9.94. The third-order valence-corrected chi connectivity index (χ3v) is 9.47. The molecule has 2 aliphatic heterocycles. The Kier molecular flexibility index (Phi) is 7.76. The van der Waals surface area contributed by atoms with Crippen LogP contribution in [0.2, 0.25) is 0 Å². The molecule has 1 aromatic heterocycles. The van der Waals surface area contributed by atoms with E-state index < -0.39 is 23.7 Å². The van der Waals surface area contributed by atoms with Crippen LogP contribution in [0.25, 0.3) is 5.76 Å². The van der Waals surface area contributed by atoms with E-state index in [1.54, 1.807) is 42.5 Å². The van der Waals surface area contributed by atoms with Gasteiger partial charge in [-0.3, -0.25) is 14.5 Å². The zero-order chi connectivity index (χ0) is 30.2. The molecule has 0 aliphatic carbocycles. The Morgan fingerprint density at radius 3 is 2.51 bits per heavy atom. The zero-order valence-corrected chi connectivity index (χ0v) is 25.2. The fourth-order valence-corrected chi connectivity index (χ4v) is 7.00. The van der Waals surface area contributed by atoms with Crippen LogP contribution < -0.4 is 9.64 Å². The zero-order valence-electron chi connectivity index (χ0n) is 23.6. The van der Waals surface area contributed by atoms with Gasteiger partial charge in [0.05, 0.1) is 24.3 Å². The molecular formula is C32H27N3O6S2. The van der Waals surface area contributed by atoms with E-state index >= 15 is 0 Å². The molecule has 0 spiro atoms. The molecule has 1 amide bonds. The number of aliphatic hydroxyl groups excluding tert-OH is 1. The second-order valence-electron chi connectivity index (χ2n) is 10.4. The molecule has 1 fully saturated rings. The molecule has 9 nitrogen and oxygen atoms in total. The molecule has 3 aromatic carbocycles. The molecule has 218 valence electrons. The van der Waals surface area contributed by atoms with Gasteiger partial charge < -0.3 is 14.6 Å². The van der Waals surface area contributed by atoms with Crippen molar-refractivity contribution in [3.05, 3.63) is 106 Å². The molecular weight excluding hydrogens is 587 g/mol. The van der Waals surface area contributed by atoms with Crippen molar-refractivity contribution >= 4 is 51.6 Å². The first-order valence-electron chi connectivity index (χ1n) is 13.5. The van der Waals surface area contributed by atoms with Crippen molar-refractivity contribution in [3.63, 3.8) is 0 Å². The molecule has 4 aromatic rings. The largest absolute Gasteiger partial charge is 0.507 e. The van der Waals surface area contributed by atoms with E-state index in [1.807, 2.05) is 38.1 Å². The van der Waals surface area contributed by atoms with Crippen molar-refractivity contribution in [1.29, 1.82) is 0 Å². The molecule has 2 atom stereocenters. The molecule has 0 saturated carbocycles. The Morgan fingerprint density at radius 1 is 1.07 bits per heavy atom. The summed E-state index contributed by atoms with van der Waals surface area (Å²) in [4.78, 5) is 40.5. The molecule has 11 heteroatoms. The summed E-state index contributed by atoms with van der Waals surface area (Å²) in [5.41, 5.74) is 4.34. The van der Waals surface area contributed by atoms with Gasteiger partial charge >= 0.3 is 11.9 Å². The normalized spacial score (nSPS) is 18.9. The van der Waals surface area contributed by atoms with Gasteiger partial charge in [-0.25, -0.2) is 4.79 Å². The van der Waals surface area contributed by atoms with Gasteiger partial charge in [-0.1, -0.05) is 65.1 Å². The van der Waals surface area contributed by atoms with Crippen LogP contribution in [0.4, 0.5) is 5.13 Å². The van der Waals surface area contributed by atoms with E-state index in [1.165, 1.54) is 40.7 Å². The number of nitrogens with zero attached hydrogens (tertiary/aromatic N) is 3. The maximum Gasteiger partial charge on any atom is 0.337 e. The summed E-state index contributed by atoms with van der Waals surface area (Å²) in [6.45, 7) is 3.99. The maximum atomic E-state index is 13.6. The van der Waals surface area contributed by atoms with Gasteiger partial charge in [0.1, 0.15) is 17.6 Å². The van der Waals surface area contributed by atoms with Gasteiger partial charge in [0.15, 0.2) is 4.34 Å². The first-order valence-corrected chi connectivity index (χ1v) is 15.3. The van der Waals surface area contributed by atoms with Crippen LogP contribution in [0.15, 0.2) is 76.6 Å². The fourth-order valence-electron chi connectivity index (χ4n) is 5.18. The number of ether oxygens (including phenoxy) is 2. The Labute approximate surface area is 256 Å². The number of aryl methyl sites for hydroxylation is 1. The van der Waals surface area contributed by atoms with Crippen LogP contribution in [-0.2, 0) is 26.5 Å². The monoisotopic (exact) mass is 613 g/mol. The third kappa shape index (κ3) is 5.53. The van der Waals surface area contributed by atoms with Gasteiger partial charge in [-0.2, -0.15) is 0 Å². The van der Waals surface area contributed by atoms with Crippen molar-refractivity contribution in [3.8, 4) is 5.75 Å². The number of thioether (sulfide) groups is 1. The SMILES string of the molecule is COC(=O)c1ccc([C@@H]2C(=C(O)c3ccc4c(c3)C[C@@H](C)O4)C(=O)C(=O)N2c2nnc(SCc3ccc(C)cc3)s2)cc1. The van der Waals surface area contributed by atoms with E-state index in [2.05, 4.69) is 10.2 Å². The highest BCUT2D eigenvalue weighted by Crippen LogP contribution is 2.44. The summed E-state index contributed by atoms with van der Waals surface area (Å²) in [6, 6.07) is 18.8. The maximum absolute atomic E-state index is 13.6. The van der Waals surface area contributed by atoms with Crippen LogP contribution >= 0.6 is 23.1 Å². The molecule has 1 saturated heterocycles. The highest BCUT2D eigenvalue weighted by atomic mass is 32.2. The number of benzene rings is 3. The number of hydrogen-bond acceptors (Lipinski definition) is 10. The number of rotatable bonds is 7. The van der Waals surface area contributed by atoms with E-state index in [9.17, 15) is 19.5 Å². The summed E-state index contributed by atoms with van der Waals surface area (Å²) in [6.07, 6.45) is 0.665. The number of amides is 1. The molecule has 43 heavy (non-hydrogen) atoms. The number of carbonyl (C=O) groups is 3. The highest BCUT2D eigenvalue weighted by molar-refractivity contribution is 8.00. The Balaban J connectivity index is 1.39. The minimum Gasteiger partial charge on any atom is -0.507 e. The standard InChI is InChI=1S/C32H27N3O6S2/c1-17-4-6-19(7-5-17)16-42-32-34-33-31(43-32)35-26(20-8-10-21(11-9-20)30(39)40-3)25(28(37)29(35)38)27(36)22-12-13-24-23(15-22)14-18(2)41-24/h4-13,15,18,26,36H,14,16H2,1-3H3/t18-,26-/m1/s1. The molecule has 0 unspecified atom stereocenters. The van der Waals surface area contributed by atoms with Crippen molar-refractivity contribution in [1.82, 2.24) is 10.2 Å². The Hall–Kier alpha value is -4.48. The van der Waals surface area contributed by atoms with E-state index in [0.29, 0.717) is 33.2 Å². The van der Waals surface area contributed by atoms with Gasteiger partial charge in [-0.15, -0.1) is 10.2 Å². The van der Waals surface area contributed by atoms with Crippen molar-refractivity contribution < 1.29 is 29.0 Å². The number of ketones is 1. The van der Waals surface area contributed by atoms with Gasteiger partial charge in [0, 0.05) is 17.7 Å². The smallest absolute Gasteiger partial charge is 0.337 e. The minimum atomic E-state index is -1.00. The second kappa shape index (κ2) is 11.7. The number of hydrogen-bond donors (Lipinski definition) is 1. The van der Waals surface area contributed by atoms with Crippen LogP contribution in [0.3, 0.4) is 0 Å². The van der Waals surface area contributed by atoms with Crippen molar-refractivity contribution in [2.75, 3.05) is 12.0 Å². The molecule has 2 aliphatic rings. The van der Waals surface area contributed by atoms with Crippen LogP contribution in [0.1, 0.15) is 51.1 Å². The number of esters is 1. The van der Waals surface area contributed by atoms with E-state index in [-0.39, 0.29) is 22.6 Å². The summed E-state index contributed by atoms with van der Waals surface area (Å²) < 4.78 is 11.2. The number of aliphatic hydroxyl groups is 1.